The lowest BCUT2D eigenvalue weighted by Crippen LogP contribution is -2.40. The summed E-state index contributed by atoms with van der Waals surface area (Å²) in [5.74, 6) is 0.952. The highest BCUT2D eigenvalue weighted by molar-refractivity contribution is 5.36. The van der Waals surface area contributed by atoms with Gasteiger partial charge in [-0.2, -0.15) is 0 Å². The molecular weight excluding hydrogens is 186 g/mol. The first-order chi connectivity index (χ1) is 7.34. The Morgan fingerprint density at radius 1 is 1.07 bits per heavy atom. The van der Waals surface area contributed by atoms with E-state index in [1.165, 1.54) is 32.1 Å². The van der Waals surface area contributed by atoms with E-state index < -0.39 is 0 Å². The summed E-state index contributed by atoms with van der Waals surface area (Å²) in [5.41, 5.74) is 1.14. The predicted molar refractivity (Wildman–Crippen MR) is 59.9 cm³/mol. The Balaban J connectivity index is 1.90. The number of fused-ring (bicyclic) bond motifs is 2. The third-order valence-electron chi connectivity index (χ3n) is 3.69. The van der Waals surface area contributed by atoms with Crippen LogP contribution in [0.3, 0.4) is 0 Å². The fourth-order valence-corrected chi connectivity index (χ4v) is 2.96. The van der Waals surface area contributed by atoms with Crippen LogP contribution < -0.4 is 4.90 Å². The maximum Gasteiger partial charge on any atom is 0.225 e. The summed E-state index contributed by atoms with van der Waals surface area (Å²) in [6, 6.07) is 1.43. The molecule has 0 N–H and O–H groups in total. The molecule has 0 amide bonds. The van der Waals surface area contributed by atoms with E-state index in [4.69, 9.17) is 0 Å². The fraction of sp³-hybridized carbons (Fsp3) is 0.667. The van der Waals surface area contributed by atoms with Crippen LogP contribution >= 0.6 is 0 Å². The van der Waals surface area contributed by atoms with E-state index in [1.54, 1.807) is 0 Å². The van der Waals surface area contributed by atoms with Gasteiger partial charge < -0.3 is 4.90 Å². The maximum absolute atomic E-state index is 4.46. The van der Waals surface area contributed by atoms with Crippen molar-refractivity contribution in [2.24, 2.45) is 0 Å². The fourth-order valence-electron chi connectivity index (χ4n) is 2.96. The van der Waals surface area contributed by atoms with Gasteiger partial charge in [-0.1, -0.05) is 0 Å². The third kappa shape index (κ3) is 1.50. The summed E-state index contributed by atoms with van der Waals surface area (Å²) in [4.78, 5) is 11.4. The molecule has 1 aromatic heterocycles. The molecule has 3 heterocycles. The smallest absolute Gasteiger partial charge is 0.225 e. The summed E-state index contributed by atoms with van der Waals surface area (Å²) in [6.45, 7) is 2.04. The Bertz CT molecular complexity index is 330. The zero-order valence-electron chi connectivity index (χ0n) is 9.19. The Morgan fingerprint density at radius 2 is 1.67 bits per heavy atom. The van der Waals surface area contributed by atoms with E-state index in [0.29, 0.717) is 12.1 Å². The average Bonchev–Trinajstić information content (AvgIpc) is 2.51. The van der Waals surface area contributed by atoms with Crippen LogP contribution in [0.15, 0.2) is 12.4 Å². The lowest BCUT2D eigenvalue weighted by atomic mass is 10.0. The second-order valence-corrected chi connectivity index (χ2v) is 4.78. The molecule has 0 aliphatic carbocycles. The topological polar surface area (TPSA) is 29.0 Å². The number of hydrogen-bond acceptors (Lipinski definition) is 3. The molecule has 3 rings (SSSR count). The van der Waals surface area contributed by atoms with Gasteiger partial charge in [0.2, 0.25) is 5.95 Å². The molecule has 2 bridgehead atoms. The average molecular weight is 203 g/mol. The second kappa shape index (κ2) is 3.47. The lowest BCUT2D eigenvalue weighted by Gasteiger charge is -2.34. The van der Waals surface area contributed by atoms with Crippen molar-refractivity contribution in [3.63, 3.8) is 0 Å². The van der Waals surface area contributed by atoms with Crippen molar-refractivity contribution >= 4 is 5.95 Å². The Hall–Kier alpha value is -1.12. The summed E-state index contributed by atoms with van der Waals surface area (Å²) in [5, 5.41) is 0. The van der Waals surface area contributed by atoms with E-state index in [-0.39, 0.29) is 0 Å². The van der Waals surface area contributed by atoms with Gasteiger partial charge in [-0.05, 0) is 44.6 Å². The van der Waals surface area contributed by atoms with Crippen molar-refractivity contribution < 1.29 is 0 Å². The molecule has 0 radical (unpaired) electrons. The molecule has 2 unspecified atom stereocenters. The minimum Gasteiger partial charge on any atom is -0.335 e. The molecule has 2 aliphatic heterocycles. The van der Waals surface area contributed by atoms with Gasteiger partial charge in [0.15, 0.2) is 0 Å². The van der Waals surface area contributed by atoms with E-state index in [2.05, 4.69) is 14.9 Å². The molecule has 3 heteroatoms. The van der Waals surface area contributed by atoms with Crippen LogP contribution in [0.4, 0.5) is 5.95 Å². The zero-order chi connectivity index (χ0) is 10.3. The van der Waals surface area contributed by atoms with Crippen molar-refractivity contribution in [3.8, 4) is 0 Å². The molecule has 3 nitrogen and oxygen atoms in total. The van der Waals surface area contributed by atoms with Gasteiger partial charge in [-0.25, -0.2) is 9.97 Å². The monoisotopic (exact) mass is 203 g/mol. The largest absolute Gasteiger partial charge is 0.335 e. The van der Waals surface area contributed by atoms with Crippen LogP contribution in [0.5, 0.6) is 0 Å². The van der Waals surface area contributed by atoms with Crippen molar-refractivity contribution in [2.75, 3.05) is 4.90 Å². The Kier molecular flexibility index (Phi) is 2.11. The van der Waals surface area contributed by atoms with Crippen molar-refractivity contribution in [2.45, 2.75) is 51.1 Å². The van der Waals surface area contributed by atoms with Gasteiger partial charge in [0, 0.05) is 24.5 Å². The zero-order valence-corrected chi connectivity index (χ0v) is 9.19. The van der Waals surface area contributed by atoms with Crippen molar-refractivity contribution in [1.29, 1.82) is 0 Å². The van der Waals surface area contributed by atoms with E-state index in [1.807, 2.05) is 19.3 Å². The van der Waals surface area contributed by atoms with Crippen LogP contribution in [-0.4, -0.2) is 22.1 Å². The van der Waals surface area contributed by atoms with Crippen LogP contribution in [0.1, 0.15) is 37.7 Å². The van der Waals surface area contributed by atoms with Gasteiger partial charge in [-0.15, -0.1) is 0 Å². The SMILES string of the molecule is Cc1cnc(N2C3CCCC2CC3)nc1. The summed E-state index contributed by atoms with van der Waals surface area (Å²) >= 11 is 0. The Labute approximate surface area is 90.5 Å². The standard InChI is InChI=1S/C12H17N3/c1-9-7-13-12(14-8-9)15-10-3-2-4-11(15)6-5-10/h7-8,10-11H,2-6H2,1H3. The maximum atomic E-state index is 4.46. The number of piperidine rings is 1. The number of aromatic nitrogens is 2. The summed E-state index contributed by atoms with van der Waals surface area (Å²) in [7, 11) is 0. The van der Waals surface area contributed by atoms with Gasteiger partial charge in [0.1, 0.15) is 0 Å². The summed E-state index contributed by atoms with van der Waals surface area (Å²) < 4.78 is 0. The van der Waals surface area contributed by atoms with Gasteiger partial charge >= 0.3 is 0 Å². The van der Waals surface area contributed by atoms with Crippen molar-refractivity contribution in [3.05, 3.63) is 18.0 Å². The third-order valence-corrected chi connectivity index (χ3v) is 3.69. The normalized spacial score (nSPS) is 29.5. The number of nitrogens with zero attached hydrogens (tertiary/aromatic N) is 3. The van der Waals surface area contributed by atoms with E-state index >= 15 is 0 Å². The minimum atomic E-state index is 0.714. The molecule has 0 spiro atoms. The molecule has 2 fully saturated rings. The molecule has 2 atom stereocenters. The van der Waals surface area contributed by atoms with E-state index in [0.717, 1.165) is 11.5 Å². The summed E-state index contributed by atoms with van der Waals surface area (Å²) in [6.07, 6.45) is 10.6. The highest BCUT2D eigenvalue weighted by Gasteiger charge is 2.37. The number of hydrogen-bond donors (Lipinski definition) is 0. The van der Waals surface area contributed by atoms with Gasteiger partial charge in [0.25, 0.3) is 0 Å². The molecule has 15 heavy (non-hydrogen) atoms. The first-order valence-corrected chi connectivity index (χ1v) is 5.91. The molecule has 0 aromatic carbocycles. The quantitative estimate of drug-likeness (QED) is 0.701. The first kappa shape index (κ1) is 9.13. The Morgan fingerprint density at radius 3 is 2.27 bits per heavy atom. The molecule has 2 aliphatic rings. The van der Waals surface area contributed by atoms with E-state index in [9.17, 15) is 0 Å². The van der Waals surface area contributed by atoms with Crippen LogP contribution in [0.2, 0.25) is 0 Å². The van der Waals surface area contributed by atoms with Crippen LogP contribution in [-0.2, 0) is 0 Å². The number of anilines is 1. The van der Waals surface area contributed by atoms with Gasteiger partial charge in [-0.3, -0.25) is 0 Å². The first-order valence-electron chi connectivity index (χ1n) is 5.91. The predicted octanol–water partition coefficient (Wildman–Crippen LogP) is 2.31. The minimum absolute atomic E-state index is 0.714. The van der Waals surface area contributed by atoms with Crippen LogP contribution in [0, 0.1) is 6.92 Å². The highest BCUT2D eigenvalue weighted by atomic mass is 15.3. The lowest BCUT2D eigenvalue weighted by molar-refractivity contribution is 0.460. The molecule has 1 aromatic rings. The second-order valence-electron chi connectivity index (χ2n) is 4.78. The molecule has 80 valence electrons. The molecule has 2 saturated heterocycles. The van der Waals surface area contributed by atoms with Crippen molar-refractivity contribution in [1.82, 2.24) is 9.97 Å². The van der Waals surface area contributed by atoms with Gasteiger partial charge in [0.05, 0.1) is 0 Å². The number of rotatable bonds is 1. The molecular formula is C12H17N3. The molecule has 0 saturated carbocycles. The van der Waals surface area contributed by atoms with Crippen LogP contribution in [0.25, 0.3) is 0 Å². The number of aryl methyl sites for hydroxylation is 1. The highest BCUT2D eigenvalue weighted by Crippen LogP contribution is 2.37.